The zero-order valence-electron chi connectivity index (χ0n) is 18.8. The van der Waals surface area contributed by atoms with Gasteiger partial charge in [-0.2, -0.15) is 0 Å². The lowest BCUT2D eigenvalue weighted by Gasteiger charge is -2.19. The number of amides is 2. The monoisotopic (exact) mass is 484 g/mol. The van der Waals surface area contributed by atoms with E-state index in [-0.39, 0.29) is 30.2 Å². The van der Waals surface area contributed by atoms with E-state index in [2.05, 4.69) is 15.6 Å². The number of sulfone groups is 1. The molecule has 0 saturated heterocycles. The minimum absolute atomic E-state index is 0.0979. The van der Waals surface area contributed by atoms with Gasteiger partial charge in [-0.05, 0) is 37.3 Å². The molecule has 0 fully saturated rings. The number of aliphatic imine (C=N–C) groups is 1. The Labute approximate surface area is 193 Å². The third kappa shape index (κ3) is 11.8. The molecule has 0 saturated carbocycles. The van der Waals surface area contributed by atoms with Crippen molar-refractivity contribution in [3.63, 3.8) is 0 Å². The van der Waals surface area contributed by atoms with Gasteiger partial charge in [0, 0.05) is 19.5 Å². The summed E-state index contributed by atoms with van der Waals surface area (Å²) in [6.07, 6.45) is 0.963. The van der Waals surface area contributed by atoms with Crippen molar-refractivity contribution in [1.82, 2.24) is 16.1 Å². The molecule has 0 radical (unpaired) electrons. The van der Waals surface area contributed by atoms with E-state index in [1.54, 1.807) is 23.6 Å². The van der Waals surface area contributed by atoms with Gasteiger partial charge < -0.3 is 16.4 Å². The van der Waals surface area contributed by atoms with Crippen molar-refractivity contribution < 1.29 is 23.0 Å². The molecule has 0 aliphatic carbocycles. The van der Waals surface area contributed by atoms with Gasteiger partial charge in [-0.25, -0.2) is 23.5 Å². The van der Waals surface area contributed by atoms with E-state index in [1.807, 2.05) is 13.8 Å². The maximum atomic E-state index is 12.6. The number of nitrogens with one attached hydrogen (secondary N) is 3. The summed E-state index contributed by atoms with van der Waals surface area (Å²) in [6.45, 7) is 4.56. The van der Waals surface area contributed by atoms with Crippen LogP contribution in [0.25, 0.3) is 0 Å². The SMILES string of the molecule is CC(C)CCNC(=O)[C@H](CCCN=C(N)N[N+](=O)[O-])NC(=O)CCS(=O)(=O)c1ccccc1. The van der Waals surface area contributed by atoms with Gasteiger partial charge >= 0.3 is 0 Å². The molecule has 1 aromatic carbocycles. The van der Waals surface area contributed by atoms with Gasteiger partial charge in [0.15, 0.2) is 14.9 Å². The van der Waals surface area contributed by atoms with Crippen LogP contribution in [0.15, 0.2) is 40.2 Å². The maximum absolute atomic E-state index is 12.6. The molecule has 33 heavy (non-hydrogen) atoms. The molecule has 13 heteroatoms. The number of carbonyl (C=O) groups is 2. The van der Waals surface area contributed by atoms with Crippen LogP contribution in [0.1, 0.15) is 39.5 Å². The topological polar surface area (TPSA) is 186 Å². The van der Waals surface area contributed by atoms with Crippen molar-refractivity contribution in [3.05, 3.63) is 40.4 Å². The second kappa shape index (κ2) is 14.0. The molecule has 0 aliphatic heterocycles. The minimum atomic E-state index is -3.63. The summed E-state index contributed by atoms with van der Waals surface area (Å²) in [5.41, 5.74) is 7.06. The number of hydrazine groups is 1. The average Bonchev–Trinajstić information content (AvgIpc) is 2.74. The first-order chi connectivity index (χ1) is 15.5. The molecule has 1 aromatic rings. The van der Waals surface area contributed by atoms with Crippen LogP contribution in [0.5, 0.6) is 0 Å². The third-order valence-corrected chi connectivity index (χ3v) is 6.24. The number of nitro groups is 1. The Kier molecular flexibility index (Phi) is 11.8. The Bertz CT molecular complexity index is 920. The predicted octanol–water partition coefficient (Wildman–Crippen LogP) is 0.374. The summed E-state index contributed by atoms with van der Waals surface area (Å²) in [5.74, 6) is -1.34. The van der Waals surface area contributed by atoms with Gasteiger partial charge in [0.1, 0.15) is 6.04 Å². The number of rotatable bonds is 14. The van der Waals surface area contributed by atoms with Crippen LogP contribution in [0.4, 0.5) is 0 Å². The summed E-state index contributed by atoms with van der Waals surface area (Å²) in [6, 6.07) is 6.90. The summed E-state index contributed by atoms with van der Waals surface area (Å²) < 4.78 is 24.7. The van der Waals surface area contributed by atoms with Crippen molar-refractivity contribution in [2.75, 3.05) is 18.8 Å². The zero-order valence-corrected chi connectivity index (χ0v) is 19.6. The van der Waals surface area contributed by atoms with Gasteiger partial charge in [-0.1, -0.05) is 37.5 Å². The van der Waals surface area contributed by atoms with Crippen molar-refractivity contribution in [2.24, 2.45) is 16.6 Å². The molecular formula is C20H32N6O6S. The fraction of sp³-hybridized carbons (Fsp3) is 0.550. The van der Waals surface area contributed by atoms with Crippen LogP contribution in [-0.2, 0) is 19.4 Å². The molecule has 184 valence electrons. The highest BCUT2D eigenvalue weighted by atomic mass is 32.2. The third-order valence-electron chi connectivity index (χ3n) is 4.51. The fourth-order valence-corrected chi connectivity index (χ4v) is 4.00. The van der Waals surface area contributed by atoms with Crippen LogP contribution in [-0.4, -0.2) is 56.1 Å². The first-order valence-corrected chi connectivity index (χ1v) is 12.2. The van der Waals surface area contributed by atoms with Crippen molar-refractivity contribution >= 4 is 27.6 Å². The standard InChI is InChI=1S/C20H32N6O6S/c1-15(2)10-13-22-19(28)17(9-6-12-23-20(21)25-26(29)30)24-18(27)11-14-33(31,32)16-7-4-3-5-8-16/h3-5,7-8,15,17H,6,9-14H2,1-2H3,(H,22,28)(H,24,27)(H3,21,23,25)/t17-/m0/s1. The van der Waals surface area contributed by atoms with Gasteiger partial charge in [-0.15, -0.1) is 0 Å². The number of carbonyl (C=O) groups excluding carboxylic acids is 2. The molecule has 0 aliphatic rings. The van der Waals surface area contributed by atoms with E-state index >= 15 is 0 Å². The minimum Gasteiger partial charge on any atom is -0.365 e. The average molecular weight is 485 g/mol. The second-order valence-corrected chi connectivity index (χ2v) is 9.86. The van der Waals surface area contributed by atoms with Crippen molar-refractivity contribution in [3.8, 4) is 0 Å². The van der Waals surface area contributed by atoms with Crippen LogP contribution in [0.2, 0.25) is 0 Å². The van der Waals surface area contributed by atoms with Gasteiger partial charge in [-0.3, -0.25) is 9.59 Å². The summed E-state index contributed by atoms with van der Waals surface area (Å²) in [4.78, 5) is 39.2. The van der Waals surface area contributed by atoms with E-state index in [0.29, 0.717) is 18.9 Å². The summed E-state index contributed by atoms with van der Waals surface area (Å²) >= 11 is 0. The molecule has 0 unspecified atom stereocenters. The molecule has 0 spiro atoms. The van der Waals surface area contributed by atoms with Gasteiger partial charge in [0.05, 0.1) is 10.6 Å². The largest absolute Gasteiger partial charge is 0.365 e. The van der Waals surface area contributed by atoms with E-state index in [4.69, 9.17) is 5.73 Å². The maximum Gasteiger partial charge on any atom is 0.251 e. The Balaban J connectivity index is 2.68. The van der Waals surface area contributed by atoms with E-state index in [9.17, 15) is 28.1 Å². The van der Waals surface area contributed by atoms with Crippen molar-refractivity contribution in [2.45, 2.75) is 50.5 Å². The number of hydrogen-bond donors (Lipinski definition) is 4. The van der Waals surface area contributed by atoms with Crippen LogP contribution in [0, 0.1) is 16.0 Å². The highest BCUT2D eigenvalue weighted by Crippen LogP contribution is 2.11. The summed E-state index contributed by atoms with van der Waals surface area (Å²) in [5, 5.41) is 14.8. The molecule has 12 nitrogen and oxygen atoms in total. The molecule has 0 aromatic heterocycles. The lowest BCUT2D eigenvalue weighted by Crippen LogP contribution is -2.47. The molecule has 1 atom stereocenters. The Morgan fingerprint density at radius 1 is 1.18 bits per heavy atom. The second-order valence-electron chi connectivity index (χ2n) is 7.75. The number of nitrogens with two attached hydrogens (primary N) is 1. The molecule has 0 heterocycles. The highest BCUT2D eigenvalue weighted by Gasteiger charge is 2.22. The normalized spacial score (nSPS) is 12.8. The predicted molar refractivity (Wildman–Crippen MR) is 123 cm³/mol. The Morgan fingerprint density at radius 2 is 1.85 bits per heavy atom. The lowest BCUT2D eigenvalue weighted by atomic mass is 10.1. The van der Waals surface area contributed by atoms with Gasteiger partial charge in [0.25, 0.3) is 5.96 Å². The van der Waals surface area contributed by atoms with E-state index < -0.39 is 38.5 Å². The van der Waals surface area contributed by atoms with Gasteiger partial charge in [0.2, 0.25) is 11.8 Å². The molecule has 5 N–H and O–H groups in total. The molecule has 2 amide bonds. The lowest BCUT2D eigenvalue weighted by molar-refractivity contribution is -0.525. The number of guanidine groups is 1. The van der Waals surface area contributed by atoms with Crippen LogP contribution >= 0.6 is 0 Å². The number of nitrogens with zero attached hydrogens (tertiary/aromatic N) is 2. The number of hydrogen-bond acceptors (Lipinski definition) is 7. The number of benzene rings is 1. The highest BCUT2D eigenvalue weighted by molar-refractivity contribution is 7.91. The molecule has 1 rings (SSSR count). The van der Waals surface area contributed by atoms with Crippen LogP contribution < -0.4 is 21.8 Å². The summed E-state index contributed by atoms with van der Waals surface area (Å²) in [7, 11) is -3.63. The van der Waals surface area contributed by atoms with E-state index in [1.165, 1.54) is 12.1 Å². The molecule has 0 bridgehead atoms. The quantitative estimate of drug-likeness (QED) is 0.0958. The first kappa shape index (κ1) is 27.8. The smallest absolute Gasteiger partial charge is 0.251 e. The first-order valence-electron chi connectivity index (χ1n) is 10.6. The van der Waals surface area contributed by atoms with Crippen molar-refractivity contribution in [1.29, 1.82) is 0 Å². The Morgan fingerprint density at radius 3 is 2.45 bits per heavy atom. The fourth-order valence-electron chi connectivity index (χ4n) is 2.74. The zero-order chi connectivity index (χ0) is 24.9. The Hall–Kier alpha value is -3.22. The molecular weight excluding hydrogens is 452 g/mol. The van der Waals surface area contributed by atoms with E-state index in [0.717, 1.165) is 6.42 Å². The van der Waals surface area contributed by atoms with Crippen LogP contribution in [0.3, 0.4) is 0 Å².